The third-order valence-corrected chi connectivity index (χ3v) is 3.23. The Bertz CT molecular complexity index is 303. The first-order valence-electron chi connectivity index (χ1n) is 5.25. The molecule has 2 N–H and O–H groups in total. The van der Waals surface area contributed by atoms with Gasteiger partial charge in [0.15, 0.2) is 0 Å². The first-order chi connectivity index (χ1) is 7.16. The van der Waals surface area contributed by atoms with Gasteiger partial charge in [-0.15, -0.1) is 0 Å². The number of oxime groups is 1. The van der Waals surface area contributed by atoms with Crippen LogP contribution in [-0.2, 0) is 14.4 Å². The van der Waals surface area contributed by atoms with E-state index in [4.69, 9.17) is 15.3 Å². The molecule has 0 radical (unpaired) electrons. The van der Waals surface area contributed by atoms with Crippen molar-refractivity contribution in [3.8, 4) is 0 Å². The summed E-state index contributed by atoms with van der Waals surface area (Å²) in [6, 6.07) is 0. The van der Waals surface area contributed by atoms with E-state index in [0.717, 1.165) is 19.3 Å². The van der Waals surface area contributed by atoms with Crippen LogP contribution in [0.3, 0.4) is 0 Å². The van der Waals surface area contributed by atoms with Crippen molar-refractivity contribution in [1.29, 1.82) is 0 Å². The highest BCUT2D eigenvalue weighted by Gasteiger charge is 2.49. The van der Waals surface area contributed by atoms with Gasteiger partial charge in [-0.05, 0) is 31.7 Å². The van der Waals surface area contributed by atoms with Gasteiger partial charge in [-0.3, -0.25) is 4.79 Å². The Morgan fingerprint density at radius 1 is 1.80 bits per heavy atom. The lowest BCUT2D eigenvalue weighted by Crippen LogP contribution is -2.31. The van der Waals surface area contributed by atoms with Crippen molar-refractivity contribution in [3.63, 3.8) is 0 Å². The van der Waals surface area contributed by atoms with Crippen LogP contribution >= 0.6 is 0 Å². The number of rotatable bonds is 1. The fourth-order valence-electron chi connectivity index (χ4n) is 2.40. The van der Waals surface area contributed by atoms with E-state index in [1.165, 1.54) is 6.92 Å². The number of hydrogen-bond donors (Lipinski definition) is 1. The largest absolute Gasteiger partial charge is 0.408 e. The third kappa shape index (κ3) is 1.84. The van der Waals surface area contributed by atoms with Crippen LogP contribution in [0.15, 0.2) is 5.16 Å². The van der Waals surface area contributed by atoms with E-state index in [1.807, 2.05) is 0 Å². The Labute approximate surface area is 88.6 Å². The molecule has 1 aliphatic carbocycles. The molecule has 2 atom stereocenters. The molecule has 0 aromatic rings. The second-order valence-corrected chi connectivity index (χ2v) is 4.39. The van der Waals surface area contributed by atoms with E-state index in [-0.39, 0.29) is 11.4 Å². The fraction of sp³-hybridized carbons (Fsp3) is 0.800. The van der Waals surface area contributed by atoms with Crippen LogP contribution in [0.25, 0.3) is 0 Å². The highest BCUT2D eigenvalue weighted by Crippen LogP contribution is 2.45. The van der Waals surface area contributed by atoms with Gasteiger partial charge in [0.2, 0.25) is 5.90 Å². The van der Waals surface area contributed by atoms with Crippen molar-refractivity contribution in [2.75, 3.05) is 13.2 Å². The summed E-state index contributed by atoms with van der Waals surface area (Å²) in [5.41, 5.74) is 5.46. The van der Waals surface area contributed by atoms with E-state index < -0.39 is 0 Å². The van der Waals surface area contributed by atoms with Crippen molar-refractivity contribution >= 4 is 11.9 Å². The zero-order valence-electron chi connectivity index (χ0n) is 8.86. The van der Waals surface area contributed by atoms with Gasteiger partial charge in [-0.2, -0.15) is 0 Å². The van der Waals surface area contributed by atoms with Crippen LogP contribution < -0.4 is 5.73 Å². The Kier molecular flexibility index (Phi) is 2.65. The van der Waals surface area contributed by atoms with Crippen LogP contribution in [0.4, 0.5) is 0 Å². The predicted molar refractivity (Wildman–Crippen MR) is 54.0 cm³/mol. The van der Waals surface area contributed by atoms with E-state index in [9.17, 15) is 4.79 Å². The standard InChI is InChI=1S/C10H16N2O3/c1-7(13)15-9-10(6-14-12-9)3-2-8(4-10)5-11/h8H,2-6,11H2,1H3. The van der Waals surface area contributed by atoms with Crippen LogP contribution in [-0.4, -0.2) is 25.0 Å². The molecule has 0 bridgehead atoms. The van der Waals surface area contributed by atoms with Crippen molar-refractivity contribution in [3.05, 3.63) is 0 Å². The summed E-state index contributed by atoms with van der Waals surface area (Å²) in [6.45, 7) is 2.57. The van der Waals surface area contributed by atoms with Gasteiger partial charge in [0.1, 0.15) is 6.61 Å². The maximum absolute atomic E-state index is 10.9. The molecule has 1 fully saturated rings. The molecule has 84 valence electrons. The topological polar surface area (TPSA) is 73.9 Å². The Balaban J connectivity index is 2.09. The van der Waals surface area contributed by atoms with Crippen LogP contribution in [0, 0.1) is 11.3 Å². The summed E-state index contributed by atoms with van der Waals surface area (Å²) in [7, 11) is 0. The number of carbonyl (C=O) groups excluding carboxylic acids is 1. The number of nitrogens with two attached hydrogens (primary N) is 1. The quantitative estimate of drug-likeness (QED) is 0.647. The molecule has 0 amide bonds. The number of nitrogens with zero attached hydrogens (tertiary/aromatic N) is 1. The van der Waals surface area contributed by atoms with Crippen molar-refractivity contribution in [2.24, 2.45) is 22.2 Å². The molecule has 1 saturated carbocycles. The summed E-state index contributed by atoms with van der Waals surface area (Å²) < 4.78 is 5.09. The molecule has 2 unspecified atom stereocenters. The van der Waals surface area contributed by atoms with Gasteiger partial charge in [0, 0.05) is 6.92 Å². The Morgan fingerprint density at radius 2 is 2.60 bits per heavy atom. The second kappa shape index (κ2) is 3.81. The second-order valence-electron chi connectivity index (χ2n) is 4.39. The minimum atomic E-state index is -0.338. The molecule has 1 spiro atoms. The van der Waals surface area contributed by atoms with Gasteiger partial charge < -0.3 is 15.3 Å². The summed E-state index contributed by atoms with van der Waals surface area (Å²) in [6.07, 6.45) is 2.91. The summed E-state index contributed by atoms with van der Waals surface area (Å²) in [5.74, 6) is 0.605. The monoisotopic (exact) mass is 212 g/mol. The minimum absolute atomic E-state index is 0.185. The highest BCUT2D eigenvalue weighted by atomic mass is 16.7. The minimum Gasteiger partial charge on any atom is -0.408 e. The molecule has 15 heavy (non-hydrogen) atoms. The molecular formula is C10H16N2O3. The summed E-state index contributed by atoms with van der Waals surface area (Å²) in [4.78, 5) is 16.0. The molecule has 1 aliphatic heterocycles. The number of carbonyl (C=O) groups is 1. The van der Waals surface area contributed by atoms with Crippen molar-refractivity contribution in [2.45, 2.75) is 26.2 Å². The molecule has 0 saturated heterocycles. The molecule has 1 heterocycles. The Hall–Kier alpha value is -1.10. The third-order valence-electron chi connectivity index (χ3n) is 3.23. The van der Waals surface area contributed by atoms with E-state index in [0.29, 0.717) is 25.0 Å². The molecule has 2 aliphatic rings. The first-order valence-corrected chi connectivity index (χ1v) is 5.25. The summed E-state index contributed by atoms with van der Waals surface area (Å²) in [5, 5.41) is 3.81. The van der Waals surface area contributed by atoms with Crippen LogP contribution in [0.2, 0.25) is 0 Å². The maximum Gasteiger partial charge on any atom is 0.309 e. The lowest BCUT2D eigenvalue weighted by Gasteiger charge is -2.20. The molecule has 0 aromatic carbocycles. The average molecular weight is 212 g/mol. The van der Waals surface area contributed by atoms with Gasteiger partial charge in [-0.1, -0.05) is 5.16 Å². The maximum atomic E-state index is 10.9. The van der Waals surface area contributed by atoms with Gasteiger partial charge in [-0.25, -0.2) is 0 Å². The fourth-order valence-corrected chi connectivity index (χ4v) is 2.40. The number of esters is 1. The lowest BCUT2D eigenvalue weighted by molar-refractivity contribution is -0.133. The van der Waals surface area contributed by atoms with Crippen molar-refractivity contribution in [1.82, 2.24) is 0 Å². The zero-order valence-corrected chi connectivity index (χ0v) is 8.86. The molecule has 2 rings (SSSR count). The van der Waals surface area contributed by atoms with Crippen LogP contribution in [0.1, 0.15) is 26.2 Å². The Morgan fingerprint density at radius 3 is 3.20 bits per heavy atom. The van der Waals surface area contributed by atoms with E-state index in [2.05, 4.69) is 5.16 Å². The molecule has 5 heteroatoms. The smallest absolute Gasteiger partial charge is 0.309 e. The normalized spacial score (nSPS) is 34.0. The molecule has 5 nitrogen and oxygen atoms in total. The van der Waals surface area contributed by atoms with E-state index >= 15 is 0 Å². The number of ether oxygens (including phenoxy) is 1. The SMILES string of the molecule is CC(=O)OC1=NOCC12CCC(CN)C2. The van der Waals surface area contributed by atoms with Crippen LogP contribution in [0.5, 0.6) is 0 Å². The lowest BCUT2D eigenvalue weighted by atomic mass is 9.86. The van der Waals surface area contributed by atoms with Gasteiger partial charge in [0.05, 0.1) is 5.41 Å². The summed E-state index contributed by atoms with van der Waals surface area (Å²) >= 11 is 0. The van der Waals surface area contributed by atoms with E-state index in [1.54, 1.807) is 0 Å². The number of hydrogen-bond acceptors (Lipinski definition) is 5. The van der Waals surface area contributed by atoms with Gasteiger partial charge >= 0.3 is 5.97 Å². The van der Waals surface area contributed by atoms with Gasteiger partial charge in [0.25, 0.3) is 0 Å². The predicted octanol–water partition coefficient (Wildman–Crippen LogP) is 0.638. The van der Waals surface area contributed by atoms with Crippen molar-refractivity contribution < 1.29 is 14.4 Å². The highest BCUT2D eigenvalue weighted by molar-refractivity contribution is 5.92. The first kappa shape index (κ1) is 10.4. The molecule has 0 aromatic heterocycles. The zero-order chi connectivity index (χ0) is 10.9. The molecular weight excluding hydrogens is 196 g/mol. The average Bonchev–Trinajstić information content (AvgIpc) is 2.76.